The summed E-state index contributed by atoms with van der Waals surface area (Å²) in [5.41, 5.74) is 0.950. The van der Waals surface area contributed by atoms with Gasteiger partial charge >= 0.3 is 0 Å². The number of benzene rings is 2. The van der Waals surface area contributed by atoms with Gasteiger partial charge in [0.05, 0.1) is 12.7 Å². The topological polar surface area (TPSA) is 31.5 Å². The third-order valence-corrected chi connectivity index (χ3v) is 7.31. The summed E-state index contributed by atoms with van der Waals surface area (Å²) in [6, 6.07) is 9.19. The van der Waals surface area contributed by atoms with Gasteiger partial charge in [0, 0.05) is 84.4 Å². The number of hydrogen-bond donors (Lipinski definition) is 1. The standard InChI is InChI=1S/C28H33F4N3O/c1-17-10-24-25(20-6-4-5-7-23(20)33-24)27(35(17)16-28(2,3)32)26-21(30)11-19(12-22(26)31)36-9-8-34-14-18(13-29)15-34/h4-7,11-12,17-18,27,33H,8-10,13-16H2,1-3H3/t17-,27+/m1/s1. The summed E-state index contributed by atoms with van der Waals surface area (Å²) in [4.78, 5) is 7.33. The molecule has 2 aliphatic rings. The normalized spacial score (nSPS) is 21.5. The van der Waals surface area contributed by atoms with E-state index in [2.05, 4.69) is 4.98 Å². The summed E-state index contributed by atoms with van der Waals surface area (Å²) in [7, 11) is 0. The number of likely N-dealkylation sites (tertiary alicyclic amines) is 1. The number of ether oxygens (including phenoxy) is 1. The van der Waals surface area contributed by atoms with E-state index < -0.39 is 23.3 Å². The Balaban J connectivity index is 1.48. The molecule has 0 radical (unpaired) electrons. The van der Waals surface area contributed by atoms with Gasteiger partial charge in [-0.3, -0.25) is 14.2 Å². The average Bonchev–Trinajstić information content (AvgIpc) is 3.13. The van der Waals surface area contributed by atoms with Crippen LogP contribution in [0.4, 0.5) is 17.6 Å². The molecule has 2 aromatic carbocycles. The van der Waals surface area contributed by atoms with Crippen LogP contribution in [0.1, 0.15) is 43.6 Å². The van der Waals surface area contributed by atoms with E-state index in [9.17, 15) is 8.78 Å². The van der Waals surface area contributed by atoms with E-state index in [4.69, 9.17) is 4.74 Å². The molecule has 5 rings (SSSR count). The second-order valence-electron chi connectivity index (χ2n) is 10.8. The van der Waals surface area contributed by atoms with E-state index in [0.717, 1.165) is 22.2 Å². The third-order valence-electron chi connectivity index (χ3n) is 7.31. The predicted molar refractivity (Wildman–Crippen MR) is 133 cm³/mol. The van der Waals surface area contributed by atoms with Crippen molar-refractivity contribution in [2.75, 3.05) is 39.5 Å². The molecule has 1 saturated heterocycles. The Kier molecular flexibility index (Phi) is 6.76. The zero-order valence-corrected chi connectivity index (χ0v) is 21.0. The van der Waals surface area contributed by atoms with Crippen LogP contribution >= 0.6 is 0 Å². The van der Waals surface area contributed by atoms with E-state index in [-0.39, 0.29) is 43.1 Å². The molecule has 3 heterocycles. The number of fused-ring (bicyclic) bond motifs is 3. The summed E-state index contributed by atoms with van der Waals surface area (Å²) in [6.07, 6.45) is 0.626. The fourth-order valence-corrected chi connectivity index (χ4v) is 5.67. The minimum atomic E-state index is -1.55. The van der Waals surface area contributed by atoms with Crippen molar-refractivity contribution in [2.24, 2.45) is 5.92 Å². The van der Waals surface area contributed by atoms with Crippen LogP contribution in [-0.4, -0.2) is 66.0 Å². The zero-order valence-electron chi connectivity index (χ0n) is 21.0. The van der Waals surface area contributed by atoms with Crippen LogP contribution in [0.15, 0.2) is 36.4 Å². The number of halogens is 4. The zero-order chi connectivity index (χ0) is 25.6. The Bertz CT molecular complexity index is 1210. The first-order valence-corrected chi connectivity index (χ1v) is 12.6. The molecular weight excluding hydrogens is 470 g/mol. The van der Waals surface area contributed by atoms with Gasteiger partial charge in [-0.1, -0.05) is 18.2 Å². The van der Waals surface area contributed by atoms with Gasteiger partial charge in [0.15, 0.2) is 0 Å². The second kappa shape index (κ2) is 9.71. The molecule has 4 nitrogen and oxygen atoms in total. The molecule has 0 amide bonds. The Labute approximate surface area is 209 Å². The Morgan fingerprint density at radius 3 is 2.44 bits per heavy atom. The summed E-state index contributed by atoms with van der Waals surface area (Å²) < 4.78 is 64.5. The highest BCUT2D eigenvalue weighted by atomic mass is 19.1. The van der Waals surface area contributed by atoms with Gasteiger partial charge in [-0.2, -0.15) is 0 Å². The van der Waals surface area contributed by atoms with Crippen LogP contribution in [0, 0.1) is 17.6 Å². The molecule has 3 aromatic rings. The van der Waals surface area contributed by atoms with Crippen molar-refractivity contribution in [2.45, 2.75) is 44.9 Å². The maximum Gasteiger partial charge on any atom is 0.134 e. The minimum Gasteiger partial charge on any atom is -0.492 e. The lowest BCUT2D eigenvalue weighted by molar-refractivity contribution is 0.0646. The highest BCUT2D eigenvalue weighted by Gasteiger charge is 2.41. The van der Waals surface area contributed by atoms with E-state index in [0.29, 0.717) is 26.1 Å². The maximum absolute atomic E-state index is 15.7. The van der Waals surface area contributed by atoms with E-state index >= 15 is 8.78 Å². The van der Waals surface area contributed by atoms with E-state index in [1.54, 1.807) is 0 Å². The predicted octanol–water partition coefficient (Wildman–Crippen LogP) is 5.81. The van der Waals surface area contributed by atoms with Gasteiger partial charge < -0.3 is 9.72 Å². The molecule has 1 fully saturated rings. The van der Waals surface area contributed by atoms with Crippen molar-refractivity contribution in [3.8, 4) is 5.75 Å². The van der Waals surface area contributed by atoms with Gasteiger partial charge in [0.1, 0.15) is 29.7 Å². The molecule has 0 spiro atoms. The number of rotatable bonds is 8. The van der Waals surface area contributed by atoms with Crippen LogP contribution in [0.5, 0.6) is 5.75 Å². The number of nitrogens with zero attached hydrogens (tertiary/aromatic N) is 2. The Morgan fingerprint density at radius 1 is 1.08 bits per heavy atom. The van der Waals surface area contributed by atoms with Crippen molar-refractivity contribution in [3.05, 3.63) is 64.9 Å². The molecule has 2 atom stereocenters. The van der Waals surface area contributed by atoms with Crippen LogP contribution in [0.3, 0.4) is 0 Å². The number of alkyl halides is 2. The summed E-state index contributed by atoms with van der Waals surface area (Å²) in [6.45, 7) is 6.81. The monoisotopic (exact) mass is 503 g/mol. The number of para-hydroxylation sites is 1. The van der Waals surface area contributed by atoms with Gasteiger partial charge in [0.25, 0.3) is 0 Å². The SMILES string of the molecule is C[C@@H]1Cc2[nH]c3ccccc3c2[C@@H](c2c(F)cc(OCCN3CC(CF)C3)cc2F)N1CC(C)(C)F. The molecule has 194 valence electrons. The van der Waals surface area contributed by atoms with Crippen LogP contribution in [0.2, 0.25) is 0 Å². The van der Waals surface area contributed by atoms with Crippen molar-refractivity contribution in [1.29, 1.82) is 0 Å². The lowest BCUT2D eigenvalue weighted by Gasteiger charge is -2.43. The molecule has 0 saturated carbocycles. The molecule has 1 aromatic heterocycles. The fraction of sp³-hybridized carbons (Fsp3) is 0.500. The van der Waals surface area contributed by atoms with Gasteiger partial charge in [-0.25, -0.2) is 13.2 Å². The number of H-pyrrole nitrogens is 1. The lowest BCUT2D eigenvalue weighted by atomic mass is 9.86. The van der Waals surface area contributed by atoms with Crippen LogP contribution < -0.4 is 4.74 Å². The fourth-order valence-electron chi connectivity index (χ4n) is 5.67. The van der Waals surface area contributed by atoms with Crippen molar-refractivity contribution < 1.29 is 22.3 Å². The molecule has 0 aliphatic carbocycles. The first-order valence-electron chi connectivity index (χ1n) is 12.6. The first-order chi connectivity index (χ1) is 17.1. The summed E-state index contributed by atoms with van der Waals surface area (Å²) in [5.74, 6) is -1.26. The number of nitrogens with one attached hydrogen (secondary N) is 1. The molecule has 36 heavy (non-hydrogen) atoms. The van der Waals surface area contributed by atoms with Crippen molar-refractivity contribution >= 4 is 10.9 Å². The number of hydrogen-bond acceptors (Lipinski definition) is 3. The second-order valence-corrected chi connectivity index (χ2v) is 10.8. The Hall–Kier alpha value is -2.58. The van der Waals surface area contributed by atoms with Crippen LogP contribution in [-0.2, 0) is 6.42 Å². The smallest absolute Gasteiger partial charge is 0.134 e. The van der Waals surface area contributed by atoms with Gasteiger partial charge in [-0.15, -0.1) is 0 Å². The highest BCUT2D eigenvalue weighted by Crippen LogP contribution is 2.44. The quantitative estimate of drug-likeness (QED) is 0.394. The van der Waals surface area contributed by atoms with Crippen molar-refractivity contribution in [3.63, 3.8) is 0 Å². The number of aromatic amines is 1. The molecule has 0 bridgehead atoms. The van der Waals surface area contributed by atoms with E-state index in [1.807, 2.05) is 41.0 Å². The summed E-state index contributed by atoms with van der Waals surface area (Å²) >= 11 is 0. The third kappa shape index (κ3) is 4.85. The molecule has 8 heteroatoms. The van der Waals surface area contributed by atoms with Crippen LogP contribution in [0.25, 0.3) is 10.9 Å². The molecule has 2 aliphatic heterocycles. The maximum atomic E-state index is 15.7. The van der Waals surface area contributed by atoms with Crippen molar-refractivity contribution in [1.82, 2.24) is 14.8 Å². The lowest BCUT2D eigenvalue weighted by Crippen LogP contribution is -2.49. The largest absolute Gasteiger partial charge is 0.492 e. The highest BCUT2D eigenvalue weighted by molar-refractivity contribution is 5.86. The van der Waals surface area contributed by atoms with Gasteiger partial charge in [-0.05, 0) is 26.8 Å². The Morgan fingerprint density at radius 2 is 1.78 bits per heavy atom. The minimum absolute atomic E-state index is 0.0324. The first kappa shape index (κ1) is 25.1. The molecule has 1 N–H and O–H groups in total. The van der Waals surface area contributed by atoms with Gasteiger partial charge in [0.2, 0.25) is 0 Å². The summed E-state index contributed by atoms with van der Waals surface area (Å²) in [5, 5.41) is 0.881. The van der Waals surface area contributed by atoms with E-state index in [1.165, 1.54) is 26.0 Å². The average molecular weight is 504 g/mol. The molecule has 0 unspecified atom stereocenters. The number of aromatic nitrogens is 1. The molecular formula is C28H33F4N3O.